The first-order valence-electron chi connectivity index (χ1n) is 5.11. The van der Waals surface area contributed by atoms with Gasteiger partial charge in [0.15, 0.2) is 0 Å². The second-order valence-corrected chi connectivity index (χ2v) is 4.44. The quantitative estimate of drug-likeness (QED) is 0.769. The van der Waals surface area contributed by atoms with E-state index in [0.29, 0.717) is 6.04 Å². The van der Waals surface area contributed by atoms with E-state index in [0.717, 1.165) is 17.9 Å². The molecule has 4 nitrogen and oxygen atoms in total. The Hall–Kier alpha value is -0.520. The van der Waals surface area contributed by atoms with E-state index >= 15 is 0 Å². The molecule has 3 N–H and O–H groups in total. The van der Waals surface area contributed by atoms with Crippen molar-refractivity contribution in [3.05, 3.63) is 18.2 Å². The molecular formula is C10H19N3OS. The summed E-state index contributed by atoms with van der Waals surface area (Å²) in [6.45, 7) is 2.11. The van der Waals surface area contributed by atoms with Crippen LogP contribution >= 0.6 is 11.8 Å². The van der Waals surface area contributed by atoms with Crippen LogP contribution in [0.4, 0.5) is 0 Å². The van der Waals surface area contributed by atoms with Crippen LogP contribution in [-0.4, -0.2) is 33.3 Å². The molecule has 0 spiro atoms. The van der Waals surface area contributed by atoms with Crippen LogP contribution in [0.1, 0.15) is 31.1 Å². The molecule has 0 bridgehead atoms. The smallest absolute Gasteiger partial charge is 0.0951 e. The number of hydrogen-bond donors (Lipinski definition) is 2. The summed E-state index contributed by atoms with van der Waals surface area (Å²) in [6, 6.07) is 0.0820. The molecule has 0 radical (unpaired) electrons. The second kappa shape index (κ2) is 6.15. The number of aromatic nitrogens is 2. The fourth-order valence-corrected chi connectivity index (χ4v) is 2.37. The van der Waals surface area contributed by atoms with Gasteiger partial charge >= 0.3 is 0 Å². The first-order chi connectivity index (χ1) is 7.24. The molecule has 0 saturated carbocycles. The molecule has 1 rings (SSSR count). The highest BCUT2D eigenvalue weighted by Crippen LogP contribution is 2.21. The highest BCUT2D eigenvalue weighted by molar-refractivity contribution is 7.98. The normalized spacial score (nSPS) is 15.2. The summed E-state index contributed by atoms with van der Waals surface area (Å²) in [5.74, 6) is 1.04. The van der Waals surface area contributed by atoms with E-state index in [2.05, 4.69) is 22.7 Å². The van der Waals surface area contributed by atoms with Gasteiger partial charge in [0.1, 0.15) is 0 Å². The number of thioether (sulfide) groups is 1. The van der Waals surface area contributed by atoms with Crippen LogP contribution in [0.25, 0.3) is 0 Å². The van der Waals surface area contributed by atoms with Crippen LogP contribution in [0.3, 0.4) is 0 Å². The van der Waals surface area contributed by atoms with Crippen molar-refractivity contribution in [1.29, 1.82) is 0 Å². The molecule has 5 heteroatoms. The SMILES string of the molecule is CCC(CSC)n1cncc1C(N)CO. The molecule has 0 saturated heterocycles. The van der Waals surface area contributed by atoms with Crippen LogP contribution in [-0.2, 0) is 0 Å². The van der Waals surface area contributed by atoms with E-state index in [1.165, 1.54) is 0 Å². The molecule has 86 valence electrons. The van der Waals surface area contributed by atoms with Crippen molar-refractivity contribution in [1.82, 2.24) is 9.55 Å². The maximum atomic E-state index is 9.04. The van der Waals surface area contributed by atoms with Crippen molar-refractivity contribution in [2.45, 2.75) is 25.4 Å². The summed E-state index contributed by atoms with van der Waals surface area (Å²) >= 11 is 1.81. The third kappa shape index (κ3) is 2.96. The van der Waals surface area contributed by atoms with Crippen LogP contribution in [0.5, 0.6) is 0 Å². The minimum Gasteiger partial charge on any atom is -0.394 e. The van der Waals surface area contributed by atoms with Gasteiger partial charge in [0.05, 0.1) is 24.7 Å². The predicted molar refractivity (Wildman–Crippen MR) is 64.0 cm³/mol. The molecule has 2 atom stereocenters. The Balaban J connectivity index is 2.86. The first kappa shape index (κ1) is 12.5. The topological polar surface area (TPSA) is 64.1 Å². The molecule has 0 aliphatic heterocycles. The van der Waals surface area contributed by atoms with Crippen LogP contribution in [0.15, 0.2) is 12.5 Å². The van der Waals surface area contributed by atoms with Crippen molar-refractivity contribution < 1.29 is 5.11 Å². The van der Waals surface area contributed by atoms with Crippen molar-refractivity contribution in [2.75, 3.05) is 18.6 Å². The summed E-state index contributed by atoms with van der Waals surface area (Å²) in [4.78, 5) is 4.10. The maximum absolute atomic E-state index is 9.04. The fourth-order valence-electron chi connectivity index (χ4n) is 1.59. The lowest BCUT2D eigenvalue weighted by molar-refractivity contribution is 0.261. The van der Waals surface area contributed by atoms with Crippen molar-refractivity contribution in [3.8, 4) is 0 Å². The van der Waals surface area contributed by atoms with Gasteiger partial charge in [0, 0.05) is 18.0 Å². The highest BCUT2D eigenvalue weighted by Gasteiger charge is 2.16. The summed E-state index contributed by atoms with van der Waals surface area (Å²) in [5, 5.41) is 9.04. The van der Waals surface area contributed by atoms with Crippen molar-refractivity contribution in [3.63, 3.8) is 0 Å². The Morgan fingerprint density at radius 2 is 2.40 bits per heavy atom. The van der Waals surface area contributed by atoms with Gasteiger partial charge in [-0.1, -0.05) is 6.92 Å². The van der Waals surface area contributed by atoms with E-state index in [9.17, 15) is 0 Å². The molecule has 0 amide bonds. The number of nitrogens with two attached hydrogens (primary N) is 1. The molecule has 0 fully saturated rings. The average Bonchev–Trinajstić information content (AvgIpc) is 2.73. The first-order valence-corrected chi connectivity index (χ1v) is 6.51. The van der Waals surface area contributed by atoms with E-state index in [4.69, 9.17) is 10.8 Å². The number of aliphatic hydroxyl groups excluding tert-OH is 1. The van der Waals surface area contributed by atoms with Crippen LogP contribution < -0.4 is 5.73 Å². The third-order valence-corrected chi connectivity index (χ3v) is 3.21. The lowest BCUT2D eigenvalue weighted by Gasteiger charge is -2.20. The number of imidazole rings is 1. The standard InChI is InChI=1S/C10H19N3OS/c1-3-8(6-15-2)13-7-12-4-10(13)9(11)5-14/h4,7-9,14H,3,5-6,11H2,1-2H3. The summed E-state index contributed by atoms with van der Waals surface area (Å²) < 4.78 is 2.08. The minimum atomic E-state index is -0.330. The number of aliphatic hydroxyl groups is 1. The summed E-state index contributed by atoms with van der Waals surface area (Å²) in [5.41, 5.74) is 6.73. The van der Waals surface area contributed by atoms with Gasteiger partial charge in [-0.25, -0.2) is 4.98 Å². The van der Waals surface area contributed by atoms with Crippen LogP contribution in [0.2, 0.25) is 0 Å². The zero-order chi connectivity index (χ0) is 11.3. The lowest BCUT2D eigenvalue weighted by atomic mass is 10.2. The monoisotopic (exact) mass is 229 g/mol. The van der Waals surface area contributed by atoms with Gasteiger partial charge in [-0.3, -0.25) is 0 Å². The molecule has 1 aromatic heterocycles. The predicted octanol–water partition coefficient (Wildman–Crippen LogP) is 1.19. The molecular weight excluding hydrogens is 210 g/mol. The Labute approximate surface area is 94.9 Å². The average molecular weight is 229 g/mol. The largest absolute Gasteiger partial charge is 0.394 e. The van der Waals surface area contributed by atoms with E-state index in [1.54, 1.807) is 12.5 Å². The number of hydrogen-bond acceptors (Lipinski definition) is 4. The Bertz CT molecular complexity index is 290. The third-order valence-electron chi connectivity index (χ3n) is 2.50. The molecule has 1 aromatic rings. The van der Waals surface area contributed by atoms with E-state index in [-0.39, 0.29) is 12.6 Å². The molecule has 1 heterocycles. The van der Waals surface area contributed by atoms with Gasteiger partial charge < -0.3 is 15.4 Å². The van der Waals surface area contributed by atoms with Crippen LogP contribution in [0, 0.1) is 0 Å². The zero-order valence-electron chi connectivity index (χ0n) is 9.26. The van der Waals surface area contributed by atoms with Gasteiger partial charge in [0.25, 0.3) is 0 Å². The highest BCUT2D eigenvalue weighted by atomic mass is 32.2. The summed E-state index contributed by atoms with van der Waals surface area (Å²) in [6.07, 6.45) is 6.67. The Morgan fingerprint density at radius 3 is 2.93 bits per heavy atom. The summed E-state index contributed by atoms with van der Waals surface area (Å²) in [7, 11) is 0. The number of rotatable bonds is 6. The molecule has 0 aliphatic carbocycles. The van der Waals surface area contributed by atoms with Crippen molar-refractivity contribution >= 4 is 11.8 Å². The number of nitrogens with zero attached hydrogens (tertiary/aromatic N) is 2. The maximum Gasteiger partial charge on any atom is 0.0951 e. The fraction of sp³-hybridized carbons (Fsp3) is 0.700. The minimum absolute atomic E-state index is 0.0403. The van der Waals surface area contributed by atoms with E-state index < -0.39 is 0 Å². The molecule has 0 aliphatic rings. The molecule has 15 heavy (non-hydrogen) atoms. The molecule has 2 unspecified atom stereocenters. The van der Waals surface area contributed by atoms with Gasteiger partial charge in [-0.15, -0.1) is 0 Å². The van der Waals surface area contributed by atoms with Crippen molar-refractivity contribution in [2.24, 2.45) is 5.73 Å². The van der Waals surface area contributed by atoms with Gasteiger partial charge in [0.2, 0.25) is 0 Å². The van der Waals surface area contributed by atoms with Gasteiger partial charge in [-0.2, -0.15) is 11.8 Å². The second-order valence-electron chi connectivity index (χ2n) is 3.53. The Kier molecular flexibility index (Phi) is 5.14. The van der Waals surface area contributed by atoms with Gasteiger partial charge in [-0.05, 0) is 12.7 Å². The zero-order valence-corrected chi connectivity index (χ0v) is 10.1. The molecule has 0 aromatic carbocycles. The lowest BCUT2D eigenvalue weighted by Crippen LogP contribution is -2.21. The van der Waals surface area contributed by atoms with E-state index in [1.807, 2.05) is 11.8 Å². The Morgan fingerprint density at radius 1 is 1.67 bits per heavy atom.